The molecule has 0 saturated carbocycles. The van der Waals surface area contributed by atoms with E-state index in [0.29, 0.717) is 33.2 Å². The maximum absolute atomic E-state index is 12.5. The third-order valence-corrected chi connectivity index (χ3v) is 4.33. The van der Waals surface area contributed by atoms with Crippen LogP contribution in [-0.4, -0.2) is 17.6 Å². The van der Waals surface area contributed by atoms with E-state index in [1.807, 2.05) is 12.1 Å². The van der Waals surface area contributed by atoms with E-state index >= 15 is 0 Å². The first-order chi connectivity index (χ1) is 12.5. The number of aromatic amines is 1. The highest BCUT2D eigenvalue weighted by Gasteiger charge is 2.20. The third kappa shape index (κ3) is 3.84. The normalized spacial score (nSPS) is 10.7. The molecule has 1 aromatic heterocycles. The lowest BCUT2D eigenvalue weighted by atomic mass is 10.1. The van der Waals surface area contributed by atoms with Gasteiger partial charge in [-0.2, -0.15) is 0 Å². The van der Waals surface area contributed by atoms with Crippen molar-refractivity contribution in [3.8, 4) is 0 Å². The number of carbonyl (C=O) groups is 1. The summed E-state index contributed by atoms with van der Waals surface area (Å²) in [7, 11) is 0. The van der Waals surface area contributed by atoms with Crippen molar-refractivity contribution in [2.75, 3.05) is 11.9 Å². The zero-order valence-corrected chi connectivity index (χ0v) is 15.4. The number of H-pyrrole nitrogens is 1. The summed E-state index contributed by atoms with van der Waals surface area (Å²) in [6.45, 7) is 2.27. The standard InChI is InChI=1S/C19H16Cl2N2O3/c1-2-26-19(25)16-17(22-10-11-3-5-12(20)6-4-11)14-8-7-13(21)9-15(14)23-18(16)24/h3-9H,2,10H2,1H3,(H2,22,23,24). The number of aromatic nitrogens is 1. The van der Waals surface area contributed by atoms with E-state index in [2.05, 4.69) is 10.3 Å². The van der Waals surface area contributed by atoms with Crippen molar-refractivity contribution in [3.63, 3.8) is 0 Å². The van der Waals surface area contributed by atoms with Gasteiger partial charge in [0.1, 0.15) is 5.56 Å². The predicted molar refractivity (Wildman–Crippen MR) is 104 cm³/mol. The number of fused-ring (bicyclic) bond motifs is 1. The number of pyridine rings is 1. The molecule has 7 heteroatoms. The van der Waals surface area contributed by atoms with Gasteiger partial charge >= 0.3 is 5.97 Å². The minimum atomic E-state index is -0.677. The molecule has 0 atom stereocenters. The van der Waals surface area contributed by atoms with Crippen molar-refractivity contribution in [1.82, 2.24) is 4.98 Å². The highest BCUT2D eigenvalue weighted by molar-refractivity contribution is 6.31. The number of anilines is 1. The van der Waals surface area contributed by atoms with Crippen molar-refractivity contribution >= 4 is 45.8 Å². The molecule has 3 aromatic rings. The minimum absolute atomic E-state index is 0.0596. The van der Waals surface area contributed by atoms with Crippen LogP contribution in [0.1, 0.15) is 22.8 Å². The lowest BCUT2D eigenvalue weighted by Crippen LogP contribution is -2.23. The van der Waals surface area contributed by atoms with E-state index in [0.717, 1.165) is 5.56 Å². The van der Waals surface area contributed by atoms with Gasteiger partial charge in [0.05, 0.1) is 17.8 Å². The summed E-state index contributed by atoms with van der Waals surface area (Å²) in [5.74, 6) is -0.677. The van der Waals surface area contributed by atoms with Crippen molar-refractivity contribution in [2.24, 2.45) is 0 Å². The molecule has 134 valence electrons. The number of hydrogen-bond acceptors (Lipinski definition) is 4. The Hall–Kier alpha value is -2.50. The van der Waals surface area contributed by atoms with Crippen molar-refractivity contribution in [2.45, 2.75) is 13.5 Å². The molecule has 0 aliphatic heterocycles. The predicted octanol–water partition coefficient (Wildman–Crippen LogP) is 4.62. The van der Waals surface area contributed by atoms with Crippen molar-refractivity contribution < 1.29 is 9.53 Å². The average molecular weight is 391 g/mol. The maximum Gasteiger partial charge on any atom is 0.345 e. The van der Waals surface area contributed by atoms with Gasteiger partial charge in [0.2, 0.25) is 0 Å². The molecule has 2 aromatic carbocycles. The molecule has 1 heterocycles. The van der Waals surface area contributed by atoms with Gasteiger partial charge in [-0.05, 0) is 42.8 Å². The van der Waals surface area contributed by atoms with E-state index in [1.54, 1.807) is 37.3 Å². The summed E-state index contributed by atoms with van der Waals surface area (Å²) in [4.78, 5) is 27.5. The molecule has 3 rings (SSSR count). The van der Waals surface area contributed by atoms with E-state index in [9.17, 15) is 9.59 Å². The van der Waals surface area contributed by atoms with Gasteiger partial charge in [-0.3, -0.25) is 4.79 Å². The first-order valence-electron chi connectivity index (χ1n) is 8.00. The number of esters is 1. The van der Waals surface area contributed by atoms with Gasteiger partial charge in [-0.15, -0.1) is 0 Å². The summed E-state index contributed by atoms with van der Waals surface area (Å²) in [6, 6.07) is 12.4. The van der Waals surface area contributed by atoms with Crippen LogP contribution in [0.2, 0.25) is 10.0 Å². The van der Waals surface area contributed by atoms with Crippen LogP contribution < -0.4 is 10.9 Å². The number of ether oxygens (including phenoxy) is 1. The van der Waals surface area contributed by atoms with Crippen molar-refractivity contribution in [1.29, 1.82) is 0 Å². The van der Waals surface area contributed by atoms with E-state index in [1.165, 1.54) is 0 Å². The van der Waals surface area contributed by atoms with Gasteiger partial charge in [0.15, 0.2) is 0 Å². The maximum atomic E-state index is 12.5. The molecule has 26 heavy (non-hydrogen) atoms. The Morgan fingerprint density at radius 2 is 1.81 bits per heavy atom. The molecule has 0 amide bonds. The third-order valence-electron chi connectivity index (χ3n) is 3.84. The lowest BCUT2D eigenvalue weighted by Gasteiger charge is -2.14. The molecule has 0 saturated heterocycles. The number of nitrogens with one attached hydrogen (secondary N) is 2. The second-order valence-corrected chi connectivity index (χ2v) is 6.47. The van der Waals surface area contributed by atoms with Gasteiger partial charge in [-0.25, -0.2) is 4.79 Å². The lowest BCUT2D eigenvalue weighted by molar-refractivity contribution is 0.0525. The van der Waals surface area contributed by atoms with Crippen LogP contribution in [0, 0.1) is 0 Å². The highest BCUT2D eigenvalue weighted by Crippen LogP contribution is 2.27. The largest absolute Gasteiger partial charge is 0.462 e. The summed E-state index contributed by atoms with van der Waals surface area (Å²) >= 11 is 11.9. The van der Waals surface area contributed by atoms with Crippen LogP contribution in [0.5, 0.6) is 0 Å². The van der Waals surface area contributed by atoms with Crippen LogP contribution in [0.3, 0.4) is 0 Å². The number of halogens is 2. The molecule has 0 bridgehead atoms. The van der Waals surface area contributed by atoms with Crippen LogP contribution in [0.4, 0.5) is 5.69 Å². The van der Waals surface area contributed by atoms with E-state index < -0.39 is 11.5 Å². The fraction of sp³-hybridized carbons (Fsp3) is 0.158. The number of rotatable bonds is 5. The Kier molecular flexibility index (Phi) is 5.49. The SMILES string of the molecule is CCOC(=O)c1c(NCc2ccc(Cl)cc2)c2ccc(Cl)cc2[nH]c1=O. The zero-order valence-electron chi connectivity index (χ0n) is 13.9. The smallest absolute Gasteiger partial charge is 0.345 e. The number of benzene rings is 2. The second kappa shape index (κ2) is 7.81. The molecule has 2 N–H and O–H groups in total. The second-order valence-electron chi connectivity index (χ2n) is 5.59. The molecule has 0 spiro atoms. The molecule has 0 fully saturated rings. The molecular formula is C19H16Cl2N2O3. The molecule has 0 radical (unpaired) electrons. The summed E-state index contributed by atoms with van der Waals surface area (Å²) in [5.41, 5.74) is 1.31. The van der Waals surface area contributed by atoms with Gasteiger partial charge in [0.25, 0.3) is 5.56 Å². The number of carbonyl (C=O) groups excluding carboxylic acids is 1. The Balaban J connectivity index is 2.09. The van der Waals surface area contributed by atoms with Gasteiger partial charge < -0.3 is 15.0 Å². The van der Waals surface area contributed by atoms with Crippen LogP contribution in [-0.2, 0) is 11.3 Å². The summed E-state index contributed by atoms with van der Waals surface area (Å²) in [6.07, 6.45) is 0. The molecular weight excluding hydrogens is 375 g/mol. The van der Waals surface area contributed by atoms with Gasteiger partial charge in [0, 0.05) is 22.0 Å². The monoisotopic (exact) mass is 390 g/mol. The molecule has 0 aliphatic rings. The van der Waals surface area contributed by atoms with Crippen LogP contribution >= 0.6 is 23.2 Å². The minimum Gasteiger partial charge on any atom is -0.462 e. The topological polar surface area (TPSA) is 71.2 Å². The molecule has 0 aliphatic carbocycles. The fourth-order valence-corrected chi connectivity index (χ4v) is 2.94. The summed E-state index contributed by atoms with van der Waals surface area (Å²) < 4.78 is 5.05. The van der Waals surface area contributed by atoms with Crippen LogP contribution in [0.15, 0.2) is 47.3 Å². The van der Waals surface area contributed by atoms with E-state index in [-0.39, 0.29) is 12.2 Å². The Morgan fingerprint density at radius 3 is 2.50 bits per heavy atom. The molecule has 5 nitrogen and oxygen atoms in total. The highest BCUT2D eigenvalue weighted by atomic mass is 35.5. The van der Waals surface area contributed by atoms with Crippen molar-refractivity contribution in [3.05, 3.63) is 74.0 Å². The number of hydrogen-bond donors (Lipinski definition) is 2. The van der Waals surface area contributed by atoms with E-state index in [4.69, 9.17) is 27.9 Å². The Morgan fingerprint density at radius 1 is 1.12 bits per heavy atom. The molecule has 0 unspecified atom stereocenters. The Bertz CT molecular complexity index is 1010. The van der Waals surface area contributed by atoms with Crippen LogP contribution in [0.25, 0.3) is 10.9 Å². The van der Waals surface area contributed by atoms with Gasteiger partial charge in [-0.1, -0.05) is 35.3 Å². The first kappa shape index (κ1) is 18.3. The first-order valence-corrected chi connectivity index (χ1v) is 8.76. The Labute approximate surface area is 159 Å². The zero-order chi connectivity index (χ0) is 18.7. The summed E-state index contributed by atoms with van der Waals surface area (Å²) in [5, 5.41) is 4.98. The quantitative estimate of drug-likeness (QED) is 0.623. The fourth-order valence-electron chi connectivity index (χ4n) is 2.65. The average Bonchev–Trinajstić information content (AvgIpc) is 2.60.